The Hall–Kier alpha value is -1.00. The van der Waals surface area contributed by atoms with Gasteiger partial charge in [-0.1, -0.05) is 18.7 Å². The fourth-order valence-electron chi connectivity index (χ4n) is 1.35. The van der Waals surface area contributed by atoms with E-state index in [-0.39, 0.29) is 5.82 Å². The van der Waals surface area contributed by atoms with Gasteiger partial charge in [-0.25, -0.2) is 4.39 Å². The maximum absolute atomic E-state index is 12.6. The van der Waals surface area contributed by atoms with E-state index in [1.807, 2.05) is 0 Å². The van der Waals surface area contributed by atoms with Crippen LogP contribution in [-0.4, -0.2) is 15.1 Å². The van der Waals surface area contributed by atoms with Gasteiger partial charge >= 0.3 is 0 Å². The van der Waals surface area contributed by atoms with Gasteiger partial charge in [-0.2, -0.15) is 0 Å². The van der Waals surface area contributed by atoms with Crippen molar-refractivity contribution in [2.24, 2.45) is 0 Å². The molecule has 16 heavy (non-hydrogen) atoms. The predicted octanol–water partition coefficient (Wildman–Crippen LogP) is 2.53. The van der Waals surface area contributed by atoms with E-state index in [1.165, 1.54) is 17.5 Å². The minimum absolute atomic E-state index is 0.316. The highest BCUT2D eigenvalue weighted by Gasteiger charge is 2.07. The summed E-state index contributed by atoms with van der Waals surface area (Å²) in [5, 5.41) is 11.1. The van der Waals surface area contributed by atoms with Crippen molar-refractivity contribution in [1.82, 2.24) is 0 Å². The molecule has 1 aromatic carbocycles. The van der Waals surface area contributed by atoms with E-state index in [9.17, 15) is 13.7 Å². The molecule has 0 saturated carbocycles. The second-order valence-electron chi connectivity index (χ2n) is 3.46. The zero-order valence-electron chi connectivity index (χ0n) is 8.93. The summed E-state index contributed by atoms with van der Waals surface area (Å²) in [4.78, 5) is 0. The number of hydrogen-bond donors (Lipinski definition) is 1. The van der Waals surface area contributed by atoms with Crippen molar-refractivity contribution in [3.05, 3.63) is 47.6 Å². The van der Waals surface area contributed by atoms with E-state index in [0.717, 1.165) is 0 Å². The topological polar surface area (TPSA) is 37.3 Å². The van der Waals surface area contributed by atoms with E-state index >= 15 is 0 Å². The lowest BCUT2D eigenvalue weighted by Gasteiger charge is -2.09. The number of benzene rings is 1. The molecule has 0 aliphatic rings. The summed E-state index contributed by atoms with van der Waals surface area (Å²) in [6.45, 7) is 3.42. The van der Waals surface area contributed by atoms with E-state index < -0.39 is 16.9 Å². The third-order valence-electron chi connectivity index (χ3n) is 2.26. The predicted molar refractivity (Wildman–Crippen MR) is 63.8 cm³/mol. The normalized spacial score (nSPS) is 14.4. The molecule has 0 amide bonds. The Labute approximate surface area is 97.3 Å². The van der Waals surface area contributed by atoms with Crippen molar-refractivity contribution in [1.29, 1.82) is 0 Å². The molecular weight excluding hydrogens is 227 g/mol. The summed E-state index contributed by atoms with van der Waals surface area (Å²) >= 11 is 0. The first-order valence-corrected chi connectivity index (χ1v) is 6.45. The average Bonchev–Trinajstić information content (AvgIpc) is 2.29. The van der Waals surface area contributed by atoms with Gasteiger partial charge in [0.2, 0.25) is 0 Å². The molecule has 0 heterocycles. The largest absolute Gasteiger partial charge is 0.388 e. The number of halogens is 1. The lowest BCUT2D eigenvalue weighted by atomic mass is 10.1. The molecule has 0 aliphatic heterocycles. The van der Waals surface area contributed by atoms with Crippen LogP contribution in [0.5, 0.6) is 0 Å². The van der Waals surface area contributed by atoms with Crippen LogP contribution in [0.2, 0.25) is 0 Å². The summed E-state index contributed by atoms with van der Waals surface area (Å²) < 4.78 is 23.7. The number of aliphatic hydroxyl groups is 1. The second kappa shape index (κ2) is 6.55. The first-order chi connectivity index (χ1) is 7.63. The summed E-state index contributed by atoms with van der Waals surface area (Å²) in [5.41, 5.74) is 0.686. The lowest BCUT2D eigenvalue weighted by Crippen LogP contribution is -2.01. The molecule has 2 atom stereocenters. The maximum Gasteiger partial charge on any atom is 0.123 e. The zero-order valence-corrected chi connectivity index (χ0v) is 9.75. The Morgan fingerprint density at radius 3 is 2.62 bits per heavy atom. The maximum atomic E-state index is 12.6. The molecule has 4 heteroatoms. The lowest BCUT2D eigenvalue weighted by molar-refractivity contribution is 0.166. The van der Waals surface area contributed by atoms with E-state index in [1.54, 1.807) is 12.1 Å². The van der Waals surface area contributed by atoms with Gasteiger partial charge in [0.15, 0.2) is 0 Å². The summed E-state index contributed by atoms with van der Waals surface area (Å²) in [5.74, 6) is 0.186. The number of aliphatic hydroxyl groups excluding tert-OH is 1. The molecule has 0 bridgehead atoms. The fraction of sp³-hybridized carbons (Fsp3) is 0.333. The molecule has 0 aromatic heterocycles. The van der Waals surface area contributed by atoms with Crippen LogP contribution in [0.15, 0.2) is 36.3 Å². The Morgan fingerprint density at radius 2 is 2.06 bits per heavy atom. The SMILES string of the molecule is C=CS(=O)CCCC(O)c1ccc(F)cc1. The van der Waals surface area contributed by atoms with Gasteiger partial charge in [0.1, 0.15) is 5.82 Å². The molecule has 88 valence electrons. The summed E-state index contributed by atoms with van der Waals surface area (Å²) in [6.07, 6.45) is 0.546. The second-order valence-corrected chi connectivity index (χ2v) is 4.96. The fourth-order valence-corrected chi connectivity index (χ4v) is 1.97. The highest BCUT2D eigenvalue weighted by atomic mass is 32.2. The molecular formula is C12H15FO2S. The van der Waals surface area contributed by atoms with Crippen molar-refractivity contribution in [2.45, 2.75) is 18.9 Å². The number of rotatable bonds is 6. The van der Waals surface area contributed by atoms with Crippen LogP contribution in [0.4, 0.5) is 4.39 Å². The van der Waals surface area contributed by atoms with Crippen molar-refractivity contribution in [2.75, 3.05) is 5.75 Å². The van der Waals surface area contributed by atoms with Crippen LogP contribution in [0.25, 0.3) is 0 Å². The van der Waals surface area contributed by atoms with Gasteiger partial charge in [-0.15, -0.1) is 0 Å². The Balaban J connectivity index is 2.40. The van der Waals surface area contributed by atoms with Gasteiger partial charge in [-0.3, -0.25) is 4.21 Å². The molecule has 2 unspecified atom stereocenters. The average molecular weight is 242 g/mol. The minimum Gasteiger partial charge on any atom is -0.388 e. The Kier molecular flexibility index (Phi) is 5.35. The number of hydrogen-bond acceptors (Lipinski definition) is 2. The Bertz CT molecular complexity index is 362. The zero-order chi connectivity index (χ0) is 12.0. The molecule has 0 saturated heterocycles. The van der Waals surface area contributed by atoms with Gasteiger partial charge < -0.3 is 5.11 Å². The van der Waals surface area contributed by atoms with Crippen LogP contribution in [0.3, 0.4) is 0 Å². The van der Waals surface area contributed by atoms with Crippen molar-refractivity contribution < 1.29 is 13.7 Å². The van der Waals surface area contributed by atoms with Gasteiger partial charge in [0.25, 0.3) is 0 Å². The molecule has 1 rings (SSSR count). The monoisotopic (exact) mass is 242 g/mol. The quantitative estimate of drug-likeness (QED) is 0.832. The summed E-state index contributed by atoms with van der Waals surface area (Å²) in [7, 11) is -1.01. The molecule has 1 aromatic rings. The van der Waals surface area contributed by atoms with Crippen LogP contribution in [0, 0.1) is 5.82 Å². The van der Waals surface area contributed by atoms with Crippen LogP contribution in [0.1, 0.15) is 24.5 Å². The third kappa shape index (κ3) is 4.24. The van der Waals surface area contributed by atoms with Crippen LogP contribution in [-0.2, 0) is 10.8 Å². The van der Waals surface area contributed by atoms with Crippen molar-refractivity contribution in [3.8, 4) is 0 Å². The van der Waals surface area contributed by atoms with Crippen LogP contribution < -0.4 is 0 Å². The molecule has 0 spiro atoms. The molecule has 0 aliphatic carbocycles. The highest BCUT2D eigenvalue weighted by Crippen LogP contribution is 2.18. The highest BCUT2D eigenvalue weighted by molar-refractivity contribution is 7.87. The molecule has 1 N–H and O–H groups in total. The first-order valence-electron chi connectivity index (χ1n) is 5.06. The standard InChI is InChI=1S/C12H15FO2S/c1-2-16(15)9-3-4-12(14)10-5-7-11(13)8-6-10/h2,5-8,12,14H,1,3-4,9H2. The van der Waals surface area contributed by atoms with Gasteiger partial charge in [-0.05, 0) is 35.9 Å². The van der Waals surface area contributed by atoms with E-state index in [2.05, 4.69) is 6.58 Å². The Morgan fingerprint density at radius 1 is 1.44 bits per heavy atom. The first kappa shape index (κ1) is 13.1. The molecule has 2 nitrogen and oxygen atoms in total. The van der Waals surface area contributed by atoms with Gasteiger partial charge in [0.05, 0.1) is 6.10 Å². The minimum atomic E-state index is -1.01. The third-order valence-corrected chi connectivity index (χ3v) is 3.33. The smallest absolute Gasteiger partial charge is 0.123 e. The van der Waals surface area contributed by atoms with Crippen LogP contribution >= 0.6 is 0 Å². The van der Waals surface area contributed by atoms with E-state index in [4.69, 9.17) is 0 Å². The summed E-state index contributed by atoms with van der Waals surface area (Å²) in [6, 6.07) is 5.76. The van der Waals surface area contributed by atoms with Crippen molar-refractivity contribution >= 4 is 10.8 Å². The van der Waals surface area contributed by atoms with E-state index in [0.29, 0.717) is 24.2 Å². The van der Waals surface area contributed by atoms with Gasteiger partial charge in [0, 0.05) is 16.6 Å². The van der Waals surface area contributed by atoms with Crippen molar-refractivity contribution in [3.63, 3.8) is 0 Å². The molecule has 0 fully saturated rings. The molecule has 0 radical (unpaired) electrons.